The molecule has 3 rings (SSSR count). The molecular formula is C23H25NO5S. The summed E-state index contributed by atoms with van der Waals surface area (Å²) >= 11 is 0. The summed E-state index contributed by atoms with van der Waals surface area (Å²) in [6.07, 6.45) is -1.29. The number of rotatable bonds is 5. The average molecular weight is 428 g/mol. The van der Waals surface area contributed by atoms with E-state index in [1.807, 2.05) is 30.3 Å². The van der Waals surface area contributed by atoms with E-state index in [2.05, 4.69) is 0 Å². The number of ether oxygens (including phenoxy) is 1. The van der Waals surface area contributed by atoms with E-state index in [9.17, 15) is 18.3 Å². The summed E-state index contributed by atoms with van der Waals surface area (Å²) in [5.41, 5.74) is 1.19. The second-order valence-electron chi connectivity index (χ2n) is 8.19. The zero-order valence-corrected chi connectivity index (χ0v) is 18.2. The highest BCUT2D eigenvalue weighted by molar-refractivity contribution is 7.89. The first-order valence-corrected chi connectivity index (χ1v) is 11.0. The predicted octanol–water partition coefficient (Wildman–Crippen LogP) is 4.40. The van der Waals surface area contributed by atoms with Gasteiger partial charge < -0.3 is 9.84 Å². The van der Waals surface area contributed by atoms with Crippen LogP contribution in [0.2, 0.25) is 0 Å². The van der Waals surface area contributed by atoms with Crippen LogP contribution in [0.15, 0.2) is 59.5 Å². The van der Waals surface area contributed by atoms with E-state index in [0.717, 1.165) is 10.8 Å². The van der Waals surface area contributed by atoms with Crippen molar-refractivity contribution >= 4 is 26.8 Å². The van der Waals surface area contributed by atoms with E-state index < -0.39 is 27.7 Å². The number of fused-ring (bicyclic) bond motifs is 1. The van der Waals surface area contributed by atoms with Crippen LogP contribution in [-0.4, -0.2) is 25.1 Å². The molecule has 3 aromatic carbocycles. The van der Waals surface area contributed by atoms with Crippen molar-refractivity contribution < 1.29 is 23.1 Å². The first-order chi connectivity index (χ1) is 13.9. The summed E-state index contributed by atoms with van der Waals surface area (Å²) in [6, 6.07) is 15.7. The van der Waals surface area contributed by atoms with Gasteiger partial charge >= 0.3 is 5.97 Å². The van der Waals surface area contributed by atoms with Crippen LogP contribution in [0.5, 0.6) is 0 Å². The van der Waals surface area contributed by atoms with Crippen LogP contribution in [0.4, 0.5) is 0 Å². The fourth-order valence-electron chi connectivity index (χ4n) is 3.64. The lowest BCUT2D eigenvalue weighted by Crippen LogP contribution is -2.28. The zero-order valence-electron chi connectivity index (χ0n) is 17.3. The van der Waals surface area contributed by atoms with Crippen molar-refractivity contribution in [2.75, 3.05) is 0 Å². The third-order valence-corrected chi connectivity index (χ3v) is 5.69. The number of primary sulfonamides is 1. The highest BCUT2D eigenvalue weighted by Gasteiger charge is 2.32. The van der Waals surface area contributed by atoms with E-state index in [4.69, 9.17) is 9.88 Å². The van der Waals surface area contributed by atoms with E-state index >= 15 is 0 Å². The van der Waals surface area contributed by atoms with Crippen LogP contribution >= 0.6 is 0 Å². The average Bonchev–Trinajstić information content (AvgIpc) is 2.63. The topological polar surface area (TPSA) is 107 Å². The van der Waals surface area contributed by atoms with Gasteiger partial charge in [0.05, 0.1) is 10.5 Å². The van der Waals surface area contributed by atoms with Gasteiger partial charge in [0, 0.05) is 11.1 Å². The van der Waals surface area contributed by atoms with Gasteiger partial charge in [0.1, 0.15) is 0 Å². The number of aryl methyl sites for hydroxylation is 1. The molecule has 0 saturated heterocycles. The molecule has 3 N–H and O–H groups in total. The summed E-state index contributed by atoms with van der Waals surface area (Å²) < 4.78 is 30.6. The van der Waals surface area contributed by atoms with Gasteiger partial charge in [-0.15, -0.1) is 0 Å². The highest BCUT2D eigenvalue weighted by Crippen LogP contribution is 2.42. The van der Waals surface area contributed by atoms with Crippen molar-refractivity contribution in [3.63, 3.8) is 0 Å². The first kappa shape index (κ1) is 22.0. The number of carboxylic acids is 1. The monoisotopic (exact) mass is 427 g/mol. The van der Waals surface area contributed by atoms with E-state index in [1.165, 1.54) is 6.07 Å². The standard InChI is InChI=1S/C23H25NO5S/c1-14-13-15-9-5-6-10-16(15)20(17-11-7-8-12-18(17)30(24,27)28)19(14)21(22(25)26)29-23(2,3)4/h5-13,21H,1-4H3,(H,25,26)(H2,24,27,28)/t21-/m0/s1. The third kappa shape index (κ3) is 4.38. The molecule has 1 atom stereocenters. The van der Waals surface area contributed by atoms with Crippen molar-refractivity contribution in [2.24, 2.45) is 5.14 Å². The van der Waals surface area contributed by atoms with Crippen molar-refractivity contribution in [1.29, 1.82) is 0 Å². The Kier molecular flexibility index (Phi) is 5.73. The number of aliphatic carboxylic acids is 1. The van der Waals surface area contributed by atoms with Crippen molar-refractivity contribution in [1.82, 2.24) is 0 Å². The van der Waals surface area contributed by atoms with Gasteiger partial charge in [0.25, 0.3) is 0 Å². The second-order valence-corrected chi connectivity index (χ2v) is 9.72. The lowest BCUT2D eigenvalue weighted by molar-refractivity contribution is -0.160. The van der Waals surface area contributed by atoms with E-state index in [0.29, 0.717) is 22.3 Å². The highest BCUT2D eigenvalue weighted by atomic mass is 32.2. The number of nitrogens with two attached hydrogens (primary N) is 1. The van der Waals surface area contributed by atoms with Crippen LogP contribution in [0.3, 0.4) is 0 Å². The molecule has 0 aliphatic rings. The number of hydrogen-bond acceptors (Lipinski definition) is 4. The maximum Gasteiger partial charge on any atom is 0.337 e. The van der Waals surface area contributed by atoms with Gasteiger partial charge in [-0.25, -0.2) is 18.4 Å². The normalized spacial score (nSPS) is 13.4. The smallest absolute Gasteiger partial charge is 0.337 e. The molecule has 30 heavy (non-hydrogen) atoms. The van der Waals surface area contributed by atoms with Gasteiger partial charge in [0.2, 0.25) is 10.0 Å². The second kappa shape index (κ2) is 7.83. The fourth-order valence-corrected chi connectivity index (χ4v) is 4.38. The van der Waals surface area contributed by atoms with Crippen LogP contribution in [-0.2, 0) is 19.6 Å². The van der Waals surface area contributed by atoms with Crippen LogP contribution in [0.1, 0.15) is 38.0 Å². The number of hydrogen-bond donors (Lipinski definition) is 2. The molecule has 158 valence electrons. The summed E-state index contributed by atoms with van der Waals surface area (Å²) in [4.78, 5) is 12.2. The molecule has 0 fully saturated rings. The van der Waals surface area contributed by atoms with E-state index in [-0.39, 0.29) is 4.90 Å². The summed E-state index contributed by atoms with van der Waals surface area (Å²) in [5.74, 6) is -1.15. The summed E-state index contributed by atoms with van der Waals surface area (Å²) in [6.45, 7) is 7.12. The quantitative estimate of drug-likeness (QED) is 0.627. The SMILES string of the molecule is Cc1cc2ccccc2c(-c2ccccc2S(N)(=O)=O)c1[C@H](OC(C)(C)C)C(=O)O. The molecular weight excluding hydrogens is 402 g/mol. The molecule has 0 aliphatic heterocycles. The van der Waals surface area contributed by atoms with Gasteiger partial charge in [-0.1, -0.05) is 48.5 Å². The lowest BCUT2D eigenvalue weighted by atomic mass is 9.87. The van der Waals surface area contributed by atoms with Gasteiger partial charge in [-0.05, 0) is 55.7 Å². The Bertz CT molecular complexity index is 1230. The predicted molar refractivity (Wildman–Crippen MR) is 117 cm³/mol. The number of carboxylic acid groups (broad SMARTS) is 1. The maximum atomic E-state index is 12.3. The lowest BCUT2D eigenvalue weighted by Gasteiger charge is -2.29. The van der Waals surface area contributed by atoms with Crippen LogP contribution in [0.25, 0.3) is 21.9 Å². The Morgan fingerprint density at radius 1 is 1.07 bits per heavy atom. The van der Waals surface area contributed by atoms with Crippen molar-refractivity contribution in [3.05, 3.63) is 65.7 Å². The molecule has 0 bridgehead atoms. The maximum absolute atomic E-state index is 12.3. The summed E-state index contributed by atoms with van der Waals surface area (Å²) in [7, 11) is -4.05. The molecule has 0 radical (unpaired) electrons. The van der Waals surface area contributed by atoms with Gasteiger partial charge in [0.15, 0.2) is 6.10 Å². The van der Waals surface area contributed by atoms with Crippen LogP contribution < -0.4 is 5.14 Å². The van der Waals surface area contributed by atoms with Crippen molar-refractivity contribution in [2.45, 2.75) is 44.3 Å². The Balaban J connectivity index is 2.50. The zero-order chi connectivity index (χ0) is 22.3. The minimum Gasteiger partial charge on any atom is -0.479 e. The largest absolute Gasteiger partial charge is 0.479 e. The minimum atomic E-state index is -4.05. The molecule has 0 aliphatic carbocycles. The molecule has 6 nitrogen and oxygen atoms in total. The first-order valence-electron chi connectivity index (χ1n) is 9.45. The fraction of sp³-hybridized carbons (Fsp3) is 0.261. The number of carbonyl (C=O) groups is 1. The van der Waals surface area contributed by atoms with Gasteiger partial charge in [-0.2, -0.15) is 0 Å². The van der Waals surface area contributed by atoms with E-state index in [1.54, 1.807) is 45.9 Å². The molecule has 0 heterocycles. The summed E-state index contributed by atoms with van der Waals surface area (Å²) in [5, 5.41) is 17.1. The molecule has 0 amide bonds. The van der Waals surface area contributed by atoms with Crippen LogP contribution in [0, 0.1) is 6.92 Å². The Hall–Kier alpha value is -2.74. The Morgan fingerprint density at radius 3 is 2.27 bits per heavy atom. The number of benzene rings is 3. The Morgan fingerprint density at radius 2 is 1.67 bits per heavy atom. The van der Waals surface area contributed by atoms with Gasteiger partial charge in [-0.3, -0.25) is 0 Å². The molecule has 0 unspecified atom stereocenters. The molecule has 3 aromatic rings. The molecule has 7 heteroatoms. The minimum absolute atomic E-state index is 0.0677. The third-order valence-electron chi connectivity index (χ3n) is 4.72. The molecule has 0 saturated carbocycles. The number of sulfonamides is 1. The van der Waals surface area contributed by atoms with Crippen molar-refractivity contribution in [3.8, 4) is 11.1 Å². The Labute approximate surface area is 176 Å². The molecule has 0 spiro atoms. The molecule has 0 aromatic heterocycles.